The van der Waals surface area contributed by atoms with Crippen molar-refractivity contribution in [1.82, 2.24) is 4.90 Å². The minimum absolute atomic E-state index is 0.292. The van der Waals surface area contributed by atoms with E-state index in [0.717, 1.165) is 31.6 Å². The number of anilines is 1. The van der Waals surface area contributed by atoms with E-state index in [-0.39, 0.29) is 5.82 Å². The molecule has 1 unspecified atom stereocenters. The first-order valence-electron chi connectivity index (χ1n) is 8.03. The van der Waals surface area contributed by atoms with Gasteiger partial charge in [0.2, 0.25) is 0 Å². The Morgan fingerprint density at radius 3 is 2.81 bits per heavy atom. The van der Waals surface area contributed by atoms with Gasteiger partial charge in [-0.05, 0) is 58.7 Å². The summed E-state index contributed by atoms with van der Waals surface area (Å²) in [6, 6.07) is 6.17. The molecule has 1 aromatic carbocycles. The van der Waals surface area contributed by atoms with Crippen LogP contribution in [0.15, 0.2) is 18.2 Å². The topological polar surface area (TPSA) is 24.5 Å². The van der Waals surface area contributed by atoms with Crippen molar-refractivity contribution in [2.45, 2.75) is 52.1 Å². The molecular weight excluding hydrogens is 267 g/mol. The van der Waals surface area contributed by atoms with E-state index in [0.29, 0.717) is 24.4 Å². The summed E-state index contributed by atoms with van der Waals surface area (Å²) in [5, 5.41) is 3.47. The zero-order valence-electron chi connectivity index (χ0n) is 13.4. The molecule has 21 heavy (non-hydrogen) atoms. The third-order valence-electron chi connectivity index (χ3n) is 4.10. The number of likely N-dealkylation sites (tertiary alicyclic amines) is 1. The van der Waals surface area contributed by atoms with Gasteiger partial charge in [0.05, 0.1) is 6.61 Å². The van der Waals surface area contributed by atoms with E-state index in [1.807, 2.05) is 13.0 Å². The molecule has 118 valence electrons. The van der Waals surface area contributed by atoms with Crippen molar-refractivity contribution in [3.05, 3.63) is 24.0 Å². The van der Waals surface area contributed by atoms with E-state index in [2.05, 4.69) is 24.1 Å². The molecule has 0 aliphatic carbocycles. The predicted octanol–water partition coefficient (Wildman–Crippen LogP) is 3.90. The summed E-state index contributed by atoms with van der Waals surface area (Å²) >= 11 is 0. The van der Waals surface area contributed by atoms with Crippen LogP contribution in [-0.2, 0) is 0 Å². The molecule has 1 fully saturated rings. The Hall–Kier alpha value is -1.29. The molecule has 4 heteroatoms. The minimum atomic E-state index is -0.292. The third kappa shape index (κ3) is 4.60. The zero-order chi connectivity index (χ0) is 15.2. The van der Waals surface area contributed by atoms with Crippen LogP contribution in [-0.4, -0.2) is 36.7 Å². The first-order valence-corrected chi connectivity index (χ1v) is 8.03. The maximum atomic E-state index is 13.9. The summed E-state index contributed by atoms with van der Waals surface area (Å²) in [7, 11) is 0. The quantitative estimate of drug-likeness (QED) is 0.891. The van der Waals surface area contributed by atoms with Crippen LogP contribution in [0.1, 0.15) is 40.0 Å². The molecule has 0 saturated carbocycles. The van der Waals surface area contributed by atoms with Gasteiger partial charge in [0.25, 0.3) is 0 Å². The molecule has 1 aliphatic rings. The molecule has 1 aromatic rings. The summed E-state index contributed by atoms with van der Waals surface area (Å²) in [5.74, 6) is 0.0363. The number of nitrogens with zero attached hydrogens (tertiary/aromatic N) is 1. The highest BCUT2D eigenvalue weighted by Gasteiger charge is 2.18. The molecule has 1 saturated heterocycles. The highest BCUT2D eigenvalue weighted by molar-refractivity contribution is 5.48. The van der Waals surface area contributed by atoms with E-state index in [9.17, 15) is 4.39 Å². The Kier molecular flexibility index (Phi) is 5.85. The van der Waals surface area contributed by atoms with Crippen LogP contribution in [0.2, 0.25) is 0 Å². The van der Waals surface area contributed by atoms with Crippen molar-refractivity contribution < 1.29 is 9.13 Å². The molecule has 0 aromatic heterocycles. The standard InChI is InChI=1S/C17H27FN2O/c1-4-21-17-8-7-15(12-16(17)18)19-14-6-5-10-20(11-9-14)13(2)3/h7-8,12-14,19H,4-6,9-11H2,1-3H3. The fourth-order valence-electron chi connectivity index (χ4n) is 2.88. The highest BCUT2D eigenvalue weighted by Crippen LogP contribution is 2.23. The van der Waals surface area contributed by atoms with E-state index < -0.39 is 0 Å². The van der Waals surface area contributed by atoms with Crippen LogP contribution in [0.5, 0.6) is 5.75 Å². The van der Waals surface area contributed by atoms with E-state index >= 15 is 0 Å². The third-order valence-corrected chi connectivity index (χ3v) is 4.10. The smallest absolute Gasteiger partial charge is 0.167 e. The molecule has 3 nitrogen and oxygen atoms in total. The minimum Gasteiger partial charge on any atom is -0.491 e. The van der Waals surface area contributed by atoms with Crippen molar-refractivity contribution in [2.24, 2.45) is 0 Å². The highest BCUT2D eigenvalue weighted by atomic mass is 19.1. The fourth-order valence-corrected chi connectivity index (χ4v) is 2.88. The lowest BCUT2D eigenvalue weighted by Gasteiger charge is -2.24. The van der Waals surface area contributed by atoms with Crippen LogP contribution in [0, 0.1) is 5.82 Å². The molecule has 2 rings (SSSR count). The summed E-state index contributed by atoms with van der Waals surface area (Å²) < 4.78 is 19.1. The maximum Gasteiger partial charge on any atom is 0.167 e. The Balaban J connectivity index is 1.94. The first kappa shape index (κ1) is 16.1. The van der Waals surface area contributed by atoms with Gasteiger partial charge in [-0.25, -0.2) is 4.39 Å². The predicted molar refractivity (Wildman–Crippen MR) is 85.5 cm³/mol. The van der Waals surface area contributed by atoms with Crippen molar-refractivity contribution in [2.75, 3.05) is 25.0 Å². The molecule has 1 atom stereocenters. The van der Waals surface area contributed by atoms with E-state index in [1.165, 1.54) is 12.5 Å². The second kappa shape index (κ2) is 7.64. The molecule has 1 heterocycles. The molecule has 0 bridgehead atoms. The molecule has 0 spiro atoms. The van der Waals surface area contributed by atoms with E-state index in [4.69, 9.17) is 4.74 Å². The monoisotopic (exact) mass is 294 g/mol. The van der Waals surface area contributed by atoms with Gasteiger partial charge >= 0.3 is 0 Å². The normalized spacial score (nSPS) is 20.3. The maximum absolute atomic E-state index is 13.9. The van der Waals surface area contributed by atoms with Gasteiger partial charge in [0.1, 0.15) is 0 Å². The zero-order valence-corrected chi connectivity index (χ0v) is 13.4. The van der Waals surface area contributed by atoms with Crippen LogP contribution >= 0.6 is 0 Å². The van der Waals surface area contributed by atoms with Crippen LogP contribution < -0.4 is 10.1 Å². The summed E-state index contributed by atoms with van der Waals surface area (Å²) in [6.45, 7) is 9.10. The average Bonchev–Trinajstić information content (AvgIpc) is 2.68. The number of hydrogen-bond acceptors (Lipinski definition) is 3. The summed E-state index contributed by atoms with van der Waals surface area (Å²) in [5.41, 5.74) is 0.846. The summed E-state index contributed by atoms with van der Waals surface area (Å²) in [4.78, 5) is 2.51. The fraction of sp³-hybridized carbons (Fsp3) is 0.647. The lowest BCUT2D eigenvalue weighted by molar-refractivity contribution is 0.230. The molecule has 0 radical (unpaired) electrons. The molecular formula is C17H27FN2O. The van der Waals surface area contributed by atoms with Gasteiger partial charge in [0, 0.05) is 30.4 Å². The SMILES string of the molecule is CCOc1ccc(NC2CCCN(C(C)C)CC2)cc1F. The number of rotatable bonds is 5. The lowest BCUT2D eigenvalue weighted by Crippen LogP contribution is -2.32. The number of nitrogens with one attached hydrogen (secondary N) is 1. The van der Waals surface area contributed by atoms with Gasteiger partial charge in [-0.1, -0.05) is 0 Å². The number of hydrogen-bond donors (Lipinski definition) is 1. The molecule has 0 amide bonds. The second-order valence-corrected chi connectivity index (χ2v) is 5.98. The lowest BCUT2D eigenvalue weighted by atomic mass is 10.1. The van der Waals surface area contributed by atoms with Crippen LogP contribution in [0.4, 0.5) is 10.1 Å². The molecule has 1 N–H and O–H groups in total. The first-order chi connectivity index (χ1) is 10.1. The van der Waals surface area contributed by atoms with Gasteiger partial charge in [-0.3, -0.25) is 0 Å². The molecule has 1 aliphatic heterocycles. The Bertz CT molecular complexity index is 450. The number of ether oxygens (including phenoxy) is 1. The van der Waals surface area contributed by atoms with Gasteiger partial charge in [-0.2, -0.15) is 0 Å². The average molecular weight is 294 g/mol. The van der Waals surface area contributed by atoms with Gasteiger partial charge in [0.15, 0.2) is 11.6 Å². The van der Waals surface area contributed by atoms with Crippen LogP contribution in [0.25, 0.3) is 0 Å². The Labute approximate surface area is 127 Å². The van der Waals surface area contributed by atoms with Crippen molar-refractivity contribution in [1.29, 1.82) is 0 Å². The number of benzene rings is 1. The Morgan fingerprint density at radius 2 is 2.14 bits per heavy atom. The second-order valence-electron chi connectivity index (χ2n) is 5.98. The van der Waals surface area contributed by atoms with Gasteiger partial charge < -0.3 is 15.0 Å². The number of halogens is 1. The van der Waals surface area contributed by atoms with Crippen molar-refractivity contribution in [3.8, 4) is 5.75 Å². The van der Waals surface area contributed by atoms with Crippen molar-refractivity contribution in [3.63, 3.8) is 0 Å². The van der Waals surface area contributed by atoms with Crippen LogP contribution in [0.3, 0.4) is 0 Å². The van der Waals surface area contributed by atoms with Gasteiger partial charge in [-0.15, -0.1) is 0 Å². The Morgan fingerprint density at radius 1 is 1.33 bits per heavy atom. The van der Waals surface area contributed by atoms with E-state index in [1.54, 1.807) is 6.07 Å². The summed E-state index contributed by atoms with van der Waals surface area (Å²) in [6.07, 6.45) is 3.43. The largest absolute Gasteiger partial charge is 0.491 e. The van der Waals surface area contributed by atoms with Crippen molar-refractivity contribution >= 4 is 5.69 Å².